The van der Waals surface area contributed by atoms with Gasteiger partial charge in [-0.3, -0.25) is 0 Å². The normalized spacial score (nSPS) is 20.5. The zero-order valence-electron chi connectivity index (χ0n) is 12.4. The highest BCUT2D eigenvalue weighted by atomic mass is 35.5. The van der Waals surface area contributed by atoms with E-state index < -0.39 is 0 Å². The molecule has 2 nitrogen and oxygen atoms in total. The van der Waals surface area contributed by atoms with E-state index in [2.05, 4.69) is 38.3 Å². The number of aryl methyl sites for hydroxylation is 1. The van der Waals surface area contributed by atoms with Gasteiger partial charge in [0.2, 0.25) is 0 Å². The van der Waals surface area contributed by atoms with Crippen LogP contribution in [0.3, 0.4) is 0 Å². The summed E-state index contributed by atoms with van der Waals surface area (Å²) in [5.74, 6) is 1.63. The van der Waals surface area contributed by atoms with Crippen molar-refractivity contribution in [3.05, 3.63) is 29.0 Å². The van der Waals surface area contributed by atoms with Crippen LogP contribution >= 0.6 is 23.2 Å². The van der Waals surface area contributed by atoms with Crippen LogP contribution in [0.4, 0.5) is 0 Å². The Balaban J connectivity index is 2.24. The van der Waals surface area contributed by atoms with Gasteiger partial charge in [-0.15, -0.1) is 11.6 Å². The number of hydrogen-bond donors (Lipinski definition) is 0. The van der Waals surface area contributed by atoms with Crippen LogP contribution in [-0.4, -0.2) is 15.4 Å². The number of alkyl halides is 1. The average molecular weight is 311 g/mol. The van der Waals surface area contributed by atoms with Crippen molar-refractivity contribution < 1.29 is 0 Å². The third-order valence-corrected chi connectivity index (χ3v) is 5.76. The molecule has 0 amide bonds. The Bertz CT molecular complexity index is 656. The van der Waals surface area contributed by atoms with Crippen molar-refractivity contribution in [1.82, 2.24) is 9.55 Å². The molecule has 4 heteroatoms. The first kappa shape index (κ1) is 14.2. The smallest absolute Gasteiger partial charge is 0.111 e. The SMILES string of the molecule is CC1(C)C(n2c(CCCl)nc3c(Cl)cccc32)C1(C)C. The summed E-state index contributed by atoms with van der Waals surface area (Å²) in [6, 6.07) is 6.44. The van der Waals surface area contributed by atoms with E-state index in [-0.39, 0.29) is 10.8 Å². The van der Waals surface area contributed by atoms with Gasteiger partial charge in [0, 0.05) is 18.3 Å². The topological polar surface area (TPSA) is 17.8 Å². The molecule has 1 aromatic heterocycles. The Morgan fingerprint density at radius 2 is 1.85 bits per heavy atom. The second-order valence-electron chi connectivity index (χ2n) is 6.79. The molecule has 0 spiro atoms. The summed E-state index contributed by atoms with van der Waals surface area (Å²) < 4.78 is 2.36. The molecule has 3 rings (SSSR count). The molecule has 0 saturated heterocycles. The number of halogens is 2. The Hall–Kier alpha value is -0.730. The number of aromatic nitrogens is 2. The van der Waals surface area contributed by atoms with Crippen molar-refractivity contribution in [2.75, 3.05) is 5.88 Å². The minimum absolute atomic E-state index is 0.254. The highest BCUT2D eigenvalue weighted by molar-refractivity contribution is 6.34. The quantitative estimate of drug-likeness (QED) is 0.723. The van der Waals surface area contributed by atoms with Gasteiger partial charge in [0.05, 0.1) is 10.5 Å². The molecule has 0 unspecified atom stereocenters. The van der Waals surface area contributed by atoms with Gasteiger partial charge in [-0.1, -0.05) is 45.4 Å². The van der Waals surface area contributed by atoms with E-state index in [1.165, 1.54) is 0 Å². The van der Waals surface area contributed by atoms with Crippen molar-refractivity contribution in [2.45, 2.75) is 40.2 Å². The van der Waals surface area contributed by atoms with E-state index in [9.17, 15) is 0 Å². The van der Waals surface area contributed by atoms with Crippen LogP contribution in [0.2, 0.25) is 5.02 Å². The first-order valence-electron chi connectivity index (χ1n) is 7.03. The number of para-hydroxylation sites is 1. The van der Waals surface area contributed by atoms with Crippen LogP contribution in [0.5, 0.6) is 0 Å². The monoisotopic (exact) mass is 310 g/mol. The van der Waals surface area contributed by atoms with E-state index >= 15 is 0 Å². The lowest BCUT2D eigenvalue weighted by atomic mass is 10.0. The maximum Gasteiger partial charge on any atom is 0.111 e. The Morgan fingerprint density at radius 3 is 2.40 bits per heavy atom. The van der Waals surface area contributed by atoms with E-state index in [4.69, 9.17) is 28.2 Å². The maximum absolute atomic E-state index is 6.30. The van der Waals surface area contributed by atoms with E-state index in [0.717, 1.165) is 23.3 Å². The van der Waals surface area contributed by atoms with Crippen LogP contribution in [0, 0.1) is 10.8 Å². The predicted molar refractivity (Wildman–Crippen MR) is 85.8 cm³/mol. The lowest BCUT2D eigenvalue weighted by Gasteiger charge is -2.11. The minimum Gasteiger partial charge on any atom is -0.324 e. The number of imidazole rings is 1. The van der Waals surface area contributed by atoms with Crippen LogP contribution in [0.25, 0.3) is 11.0 Å². The van der Waals surface area contributed by atoms with Crippen LogP contribution in [0.15, 0.2) is 18.2 Å². The summed E-state index contributed by atoms with van der Waals surface area (Å²) in [7, 11) is 0. The highest BCUT2D eigenvalue weighted by Crippen LogP contribution is 2.72. The molecule has 0 aliphatic heterocycles. The summed E-state index contributed by atoms with van der Waals surface area (Å²) in [4.78, 5) is 4.74. The molecule has 1 fully saturated rings. The molecule has 0 bridgehead atoms. The first-order chi connectivity index (χ1) is 9.32. The fraction of sp³-hybridized carbons (Fsp3) is 0.562. The van der Waals surface area contributed by atoms with Gasteiger partial charge in [-0.25, -0.2) is 4.98 Å². The standard InChI is InChI=1S/C16H20Cl2N2/c1-15(2)14(16(15,3)4)20-11-7-5-6-10(18)13(11)19-12(20)8-9-17/h5-7,14H,8-9H2,1-4H3. The molecule has 108 valence electrons. The summed E-state index contributed by atoms with van der Waals surface area (Å²) in [6.07, 6.45) is 0.773. The second-order valence-corrected chi connectivity index (χ2v) is 7.58. The van der Waals surface area contributed by atoms with Gasteiger partial charge in [-0.2, -0.15) is 0 Å². The third kappa shape index (κ3) is 1.74. The van der Waals surface area contributed by atoms with Gasteiger partial charge in [0.1, 0.15) is 11.3 Å². The molecule has 0 atom stereocenters. The lowest BCUT2D eigenvalue weighted by molar-refractivity contribution is 0.457. The molecular formula is C16H20Cl2N2. The highest BCUT2D eigenvalue weighted by Gasteiger charge is 2.66. The number of fused-ring (bicyclic) bond motifs is 1. The maximum atomic E-state index is 6.30. The molecule has 1 aromatic carbocycles. The van der Waals surface area contributed by atoms with Crippen LogP contribution < -0.4 is 0 Å². The molecule has 1 heterocycles. The van der Waals surface area contributed by atoms with E-state index in [0.29, 0.717) is 16.9 Å². The number of benzene rings is 1. The minimum atomic E-state index is 0.254. The van der Waals surface area contributed by atoms with Crippen LogP contribution in [-0.2, 0) is 6.42 Å². The largest absolute Gasteiger partial charge is 0.324 e. The zero-order chi connectivity index (χ0) is 14.7. The molecule has 1 aliphatic rings. The van der Waals surface area contributed by atoms with Gasteiger partial charge in [0.25, 0.3) is 0 Å². The lowest BCUT2D eigenvalue weighted by Crippen LogP contribution is -2.07. The summed E-state index contributed by atoms with van der Waals surface area (Å²) in [5, 5.41) is 0.716. The average Bonchev–Trinajstić information content (AvgIpc) is 2.67. The summed E-state index contributed by atoms with van der Waals surface area (Å²) >= 11 is 12.3. The molecule has 1 aliphatic carbocycles. The van der Waals surface area contributed by atoms with Gasteiger partial charge < -0.3 is 4.57 Å². The Labute approximate surface area is 130 Å². The van der Waals surface area contributed by atoms with Gasteiger partial charge in [0.15, 0.2) is 0 Å². The van der Waals surface area contributed by atoms with E-state index in [1.54, 1.807) is 0 Å². The van der Waals surface area contributed by atoms with Gasteiger partial charge >= 0.3 is 0 Å². The predicted octanol–water partition coefficient (Wildman–Crippen LogP) is 5.08. The first-order valence-corrected chi connectivity index (χ1v) is 7.95. The molecule has 0 N–H and O–H groups in total. The van der Waals surface area contributed by atoms with Crippen molar-refractivity contribution in [3.63, 3.8) is 0 Å². The van der Waals surface area contributed by atoms with Crippen molar-refractivity contribution in [3.8, 4) is 0 Å². The summed E-state index contributed by atoms with van der Waals surface area (Å²) in [5.41, 5.74) is 2.53. The third-order valence-electron chi connectivity index (χ3n) is 5.26. The molecule has 0 radical (unpaired) electrons. The summed E-state index contributed by atoms with van der Waals surface area (Å²) in [6.45, 7) is 9.27. The van der Waals surface area contributed by atoms with Crippen molar-refractivity contribution in [1.29, 1.82) is 0 Å². The second kappa shape index (κ2) is 4.38. The number of rotatable bonds is 3. The number of nitrogens with zero attached hydrogens (tertiary/aromatic N) is 2. The number of hydrogen-bond acceptors (Lipinski definition) is 1. The molecule has 1 saturated carbocycles. The van der Waals surface area contributed by atoms with E-state index in [1.807, 2.05) is 12.1 Å². The van der Waals surface area contributed by atoms with Gasteiger partial charge in [-0.05, 0) is 23.0 Å². The Morgan fingerprint density at radius 1 is 1.20 bits per heavy atom. The molecule has 2 aromatic rings. The molecular weight excluding hydrogens is 291 g/mol. The van der Waals surface area contributed by atoms with Crippen molar-refractivity contribution >= 4 is 34.2 Å². The Kier molecular flexibility index (Phi) is 3.11. The van der Waals surface area contributed by atoms with Crippen LogP contribution in [0.1, 0.15) is 39.6 Å². The van der Waals surface area contributed by atoms with Crippen molar-refractivity contribution in [2.24, 2.45) is 10.8 Å². The molecule has 20 heavy (non-hydrogen) atoms. The fourth-order valence-electron chi connectivity index (χ4n) is 3.49. The fourth-order valence-corrected chi connectivity index (χ4v) is 3.87. The zero-order valence-corrected chi connectivity index (χ0v) is 13.9.